The number of hydrogen-bond donors (Lipinski definition) is 1. The minimum Gasteiger partial charge on any atom is -0.477 e. The average Bonchev–Trinajstić information content (AvgIpc) is 2.32. The number of carboxylic acid groups (broad SMARTS) is 1. The Labute approximate surface area is 113 Å². The molecule has 0 fully saturated rings. The molecule has 1 aromatic heterocycles. The van der Waals surface area contributed by atoms with Gasteiger partial charge in [0.15, 0.2) is 0 Å². The zero-order valence-corrected chi connectivity index (χ0v) is 10.6. The standard InChI is InChI=1S/C13H9ClFNO3/c1-7-2-4-9(13(17)18)12(16-7)19-11-5-3-8(15)6-10(11)14/h2-6H,1H3,(H,17,18). The number of aromatic carboxylic acids is 1. The van der Waals surface area contributed by atoms with Crippen LogP contribution >= 0.6 is 11.6 Å². The highest BCUT2D eigenvalue weighted by molar-refractivity contribution is 6.32. The van der Waals surface area contributed by atoms with Gasteiger partial charge in [-0.25, -0.2) is 14.2 Å². The highest BCUT2D eigenvalue weighted by Crippen LogP contribution is 2.30. The third-order valence-corrected chi connectivity index (χ3v) is 2.63. The fourth-order valence-corrected chi connectivity index (χ4v) is 1.64. The lowest BCUT2D eigenvalue weighted by molar-refractivity contribution is 0.0693. The van der Waals surface area contributed by atoms with Crippen molar-refractivity contribution in [3.05, 3.63) is 52.4 Å². The van der Waals surface area contributed by atoms with Gasteiger partial charge in [0.1, 0.15) is 17.1 Å². The van der Waals surface area contributed by atoms with E-state index < -0.39 is 11.8 Å². The van der Waals surface area contributed by atoms with E-state index in [1.54, 1.807) is 13.0 Å². The number of ether oxygens (including phenoxy) is 1. The lowest BCUT2D eigenvalue weighted by Gasteiger charge is -2.09. The fourth-order valence-electron chi connectivity index (χ4n) is 1.44. The van der Waals surface area contributed by atoms with Crippen LogP contribution in [-0.2, 0) is 0 Å². The smallest absolute Gasteiger partial charge is 0.341 e. The summed E-state index contributed by atoms with van der Waals surface area (Å²) in [6.45, 7) is 1.70. The van der Waals surface area contributed by atoms with Crippen LogP contribution in [0.4, 0.5) is 4.39 Å². The lowest BCUT2D eigenvalue weighted by atomic mass is 10.2. The number of hydrogen-bond acceptors (Lipinski definition) is 3. The van der Waals surface area contributed by atoms with E-state index >= 15 is 0 Å². The second-order valence-corrected chi connectivity index (χ2v) is 4.19. The molecule has 0 aliphatic heterocycles. The van der Waals surface area contributed by atoms with Crippen molar-refractivity contribution in [1.82, 2.24) is 4.98 Å². The van der Waals surface area contributed by atoms with Gasteiger partial charge in [0, 0.05) is 5.69 Å². The molecule has 1 aromatic carbocycles. The molecule has 1 N–H and O–H groups in total. The summed E-state index contributed by atoms with van der Waals surface area (Å²) in [4.78, 5) is 15.0. The summed E-state index contributed by atoms with van der Waals surface area (Å²) in [5.41, 5.74) is 0.504. The van der Waals surface area contributed by atoms with E-state index in [-0.39, 0.29) is 22.2 Å². The highest BCUT2D eigenvalue weighted by Gasteiger charge is 2.15. The van der Waals surface area contributed by atoms with Crippen molar-refractivity contribution in [2.24, 2.45) is 0 Å². The minimum atomic E-state index is -1.17. The Morgan fingerprint density at radius 3 is 2.74 bits per heavy atom. The molecule has 0 atom stereocenters. The molecule has 0 aliphatic rings. The summed E-state index contributed by atoms with van der Waals surface area (Å²) < 4.78 is 18.3. The zero-order chi connectivity index (χ0) is 14.0. The monoisotopic (exact) mass is 281 g/mol. The van der Waals surface area contributed by atoms with Crippen LogP contribution in [0.15, 0.2) is 30.3 Å². The van der Waals surface area contributed by atoms with Gasteiger partial charge in [0.2, 0.25) is 5.88 Å². The van der Waals surface area contributed by atoms with E-state index in [1.807, 2.05) is 0 Å². The lowest BCUT2D eigenvalue weighted by Crippen LogP contribution is -2.03. The van der Waals surface area contributed by atoms with Crippen molar-refractivity contribution in [3.8, 4) is 11.6 Å². The van der Waals surface area contributed by atoms with E-state index in [2.05, 4.69) is 4.98 Å². The average molecular weight is 282 g/mol. The quantitative estimate of drug-likeness (QED) is 0.932. The van der Waals surface area contributed by atoms with Crippen molar-refractivity contribution >= 4 is 17.6 Å². The number of pyridine rings is 1. The molecule has 0 saturated heterocycles. The molecular formula is C13H9ClFNO3. The zero-order valence-electron chi connectivity index (χ0n) is 9.85. The van der Waals surface area contributed by atoms with Crippen LogP contribution in [-0.4, -0.2) is 16.1 Å². The summed E-state index contributed by atoms with van der Waals surface area (Å²) in [5.74, 6) is -1.61. The minimum absolute atomic E-state index is 0.0413. The number of nitrogens with zero attached hydrogens (tertiary/aromatic N) is 1. The number of carboxylic acids is 1. The number of aryl methyl sites for hydroxylation is 1. The van der Waals surface area contributed by atoms with Crippen LogP contribution in [0.1, 0.15) is 16.1 Å². The van der Waals surface area contributed by atoms with Crippen LogP contribution in [0.2, 0.25) is 5.02 Å². The normalized spacial score (nSPS) is 10.3. The molecule has 2 aromatic rings. The van der Waals surface area contributed by atoms with Crippen molar-refractivity contribution in [3.63, 3.8) is 0 Å². The predicted octanol–water partition coefficient (Wildman–Crippen LogP) is 3.67. The second-order valence-electron chi connectivity index (χ2n) is 3.79. The first kappa shape index (κ1) is 13.3. The molecule has 0 bridgehead atoms. The van der Waals surface area contributed by atoms with Crippen LogP contribution in [0.25, 0.3) is 0 Å². The number of aromatic nitrogens is 1. The van der Waals surface area contributed by atoms with Gasteiger partial charge in [0.25, 0.3) is 0 Å². The van der Waals surface area contributed by atoms with Gasteiger partial charge >= 0.3 is 5.97 Å². The number of carbonyl (C=O) groups is 1. The molecule has 0 spiro atoms. The molecule has 0 unspecified atom stereocenters. The Bertz CT molecular complexity index is 646. The predicted molar refractivity (Wildman–Crippen MR) is 67.4 cm³/mol. The molecule has 0 radical (unpaired) electrons. The molecule has 1 heterocycles. The van der Waals surface area contributed by atoms with Crippen molar-refractivity contribution in [2.75, 3.05) is 0 Å². The van der Waals surface area contributed by atoms with E-state index in [9.17, 15) is 9.18 Å². The van der Waals surface area contributed by atoms with Crippen LogP contribution in [0.5, 0.6) is 11.6 Å². The first-order chi connectivity index (χ1) is 8.97. The maximum Gasteiger partial charge on any atom is 0.341 e. The number of rotatable bonds is 3. The molecular weight excluding hydrogens is 273 g/mol. The molecule has 0 aliphatic carbocycles. The maximum absolute atomic E-state index is 12.9. The molecule has 98 valence electrons. The van der Waals surface area contributed by atoms with Crippen LogP contribution in [0, 0.1) is 12.7 Å². The van der Waals surface area contributed by atoms with E-state index in [0.29, 0.717) is 5.69 Å². The van der Waals surface area contributed by atoms with Gasteiger partial charge in [-0.15, -0.1) is 0 Å². The summed E-state index contributed by atoms with van der Waals surface area (Å²) in [7, 11) is 0. The molecule has 0 saturated carbocycles. The van der Waals surface area contributed by atoms with Crippen molar-refractivity contribution in [1.29, 1.82) is 0 Å². The molecule has 0 amide bonds. The molecule has 2 rings (SSSR count). The Kier molecular flexibility index (Phi) is 3.66. The molecule has 4 nitrogen and oxygen atoms in total. The van der Waals surface area contributed by atoms with Gasteiger partial charge in [0.05, 0.1) is 5.02 Å². The third-order valence-electron chi connectivity index (χ3n) is 2.33. The maximum atomic E-state index is 12.9. The van der Waals surface area contributed by atoms with Crippen LogP contribution in [0.3, 0.4) is 0 Å². The van der Waals surface area contributed by atoms with Gasteiger partial charge in [-0.05, 0) is 37.3 Å². The molecule has 6 heteroatoms. The largest absolute Gasteiger partial charge is 0.477 e. The summed E-state index contributed by atoms with van der Waals surface area (Å²) in [6.07, 6.45) is 0. The summed E-state index contributed by atoms with van der Waals surface area (Å²) in [6, 6.07) is 6.50. The summed E-state index contributed by atoms with van der Waals surface area (Å²) >= 11 is 5.81. The Morgan fingerprint density at radius 1 is 1.37 bits per heavy atom. The van der Waals surface area contributed by atoms with Crippen molar-refractivity contribution < 1.29 is 19.0 Å². The van der Waals surface area contributed by atoms with Gasteiger partial charge in [-0.1, -0.05) is 11.6 Å². The summed E-state index contributed by atoms with van der Waals surface area (Å²) in [5, 5.41) is 9.08. The van der Waals surface area contributed by atoms with Crippen LogP contribution < -0.4 is 4.74 Å². The Balaban J connectivity index is 2.42. The third kappa shape index (κ3) is 3.00. The first-order valence-electron chi connectivity index (χ1n) is 5.31. The Hall–Kier alpha value is -2.14. The van der Waals surface area contributed by atoms with E-state index in [4.69, 9.17) is 21.4 Å². The van der Waals surface area contributed by atoms with Gasteiger partial charge in [-0.2, -0.15) is 0 Å². The number of benzene rings is 1. The van der Waals surface area contributed by atoms with Gasteiger partial charge < -0.3 is 9.84 Å². The SMILES string of the molecule is Cc1ccc(C(=O)O)c(Oc2ccc(F)cc2Cl)n1. The number of halogens is 2. The highest BCUT2D eigenvalue weighted by atomic mass is 35.5. The van der Waals surface area contributed by atoms with E-state index in [0.717, 1.165) is 12.1 Å². The van der Waals surface area contributed by atoms with Gasteiger partial charge in [-0.3, -0.25) is 0 Å². The van der Waals surface area contributed by atoms with Crippen molar-refractivity contribution in [2.45, 2.75) is 6.92 Å². The fraction of sp³-hybridized carbons (Fsp3) is 0.0769. The topological polar surface area (TPSA) is 59.4 Å². The molecule has 19 heavy (non-hydrogen) atoms. The second kappa shape index (κ2) is 5.24. The van der Waals surface area contributed by atoms with E-state index in [1.165, 1.54) is 12.1 Å². The first-order valence-corrected chi connectivity index (χ1v) is 5.69. The Morgan fingerprint density at radius 2 is 2.11 bits per heavy atom.